The van der Waals surface area contributed by atoms with Crippen molar-refractivity contribution < 1.29 is 18.0 Å². The number of nitrogens with one attached hydrogen (secondary N) is 2. The van der Waals surface area contributed by atoms with Crippen LogP contribution in [0, 0.1) is 31.3 Å². The van der Waals surface area contributed by atoms with Gasteiger partial charge in [-0.25, -0.2) is 13.2 Å². The number of amides is 1. The van der Waals surface area contributed by atoms with E-state index in [1.54, 1.807) is 6.07 Å². The van der Waals surface area contributed by atoms with Gasteiger partial charge in [0.2, 0.25) is 0 Å². The predicted molar refractivity (Wildman–Crippen MR) is 96.4 cm³/mol. The lowest BCUT2D eigenvalue weighted by Crippen LogP contribution is -2.28. The van der Waals surface area contributed by atoms with Gasteiger partial charge in [-0.2, -0.15) is 0 Å². The van der Waals surface area contributed by atoms with E-state index in [2.05, 4.69) is 10.3 Å². The number of hydrogen-bond acceptors (Lipinski definition) is 2. The van der Waals surface area contributed by atoms with Crippen LogP contribution in [-0.2, 0) is 6.42 Å². The van der Waals surface area contributed by atoms with Crippen molar-refractivity contribution in [1.29, 1.82) is 0 Å². The highest BCUT2D eigenvalue weighted by Gasteiger charge is 2.18. The Labute approximate surface area is 153 Å². The summed E-state index contributed by atoms with van der Waals surface area (Å²) < 4.78 is 39.8. The topological polar surface area (TPSA) is 62.0 Å². The zero-order chi connectivity index (χ0) is 19.7. The Morgan fingerprint density at radius 3 is 2.56 bits per heavy atom. The number of pyridine rings is 1. The molecule has 0 aliphatic rings. The molecule has 2 N–H and O–H groups in total. The number of carbonyl (C=O) groups is 1. The Hall–Kier alpha value is -3.09. The van der Waals surface area contributed by atoms with Gasteiger partial charge in [0.25, 0.3) is 11.5 Å². The number of fused-ring (bicyclic) bond motifs is 1. The third kappa shape index (κ3) is 3.72. The van der Waals surface area contributed by atoms with Gasteiger partial charge in [-0.05, 0) is 55.7 Å². The van der Waals surface area contributed by atoms with Crippen molar-refractivity contribution in [2.24, 2.45) is 0 Å². The molecule has 1 amide bonds. The third-order valence-corrected chi connectivity index (χ3v) is 4.35. The summed E-state index contributed by atoms with van der Waals surface area (Å²) in [5, 5.41) is 3.31. The molecule has 7 heteroatoms. The highest BCUT2D eigenvalue weighted by Crippen LogP contribution is 2.18. The minimum absolute atomic E-state index is 0.0385. The van der Waals surface area contributed by atoms with Crippen LogP contribution in [-0.4, -0.2) is 17.4 Å². The van der Waals surface area contributed by atoms with Crippen LogP contribution in [0.2, 0.25) is 0 Å². The van der Waals surface area contributed by atoms with E-state index in [1.807, 2.05) is 26.0 Å². The van der Waals surface area contributed by atoms with E-state index >= 15 is 0 Å². The van der Waals surface area contributed by atoms with E-state index in [0.29, 0.717) is 11.6 Å². The van der Waals surface area contributed by atoms with Crippen molar-refractivity contribution in [2.75, 3.05) is 6.54 Å². The number of aromatic amines is 1. The fourth-order valence-electron chi connectivity index (χ4n) is 3.01. The summed E-state index contributed by atoms with van der Waals surface area (Å²) in [7, 11) is 0. The number of aryl methyl sites for hydroxylation is 2. The van der Waals surface area contributed by atoms with Crippen LogP contribution in [0.1, 0.15) is 27.0 Å². The first-order chi connectivity index (χ1) is 12.8. The number of carbonyl (C=O) groups excluding carboxylic acids is 1. The molecule has 0 atom stereocenters. The molecular formula is C20H17F3N2O2. The maximum atomic E-state index is 13.6. The number of halogens is 3. The zero-order valence-electron chi connectivity index (χ0n) is 14.8. The van der Waals surface area contributed by atoms with Gasteiger partial charge in [-0.3, -0.25) is 9.59 Å². The third-order valence-electron chi connectivity index (χ3n) is 4.35. The summed E-state index contributed by atoms with van der Waals surface area (Å²) in [6, 6.07) is 7.19. The first-order valence-corrected chi connectivity index (χ1v) is 8.33. The molecule has 0 spiro atoms. The molecule has 27 heavy (non-hydrogen) atoms. The van der Waals surface area contributed by atoms with Crippen molar-refractivity contribution in [3.05, 3.63) is 80.4 Å². The first kappa shape index (κ1) is 18.7. The van der Waals surface area contributed by atoms with E-state index in [9.17, 15) is 22.8 Å². The van der Waals surface area contributed by atoms with Gasteiger partial charge in [0.05, 0.1) is 5.56 Å². The molecule has 0 bridgehead atoms. The maximum absolute atomic E-state index is 13.6. The van der Waals surface area contributed by atoms with Gasteiger partial charge in [-0.15, -0.1) is 0 Å². The standard InChI is InChI=1S/C20H17F3N2O2/c1-10-7-11(2)14-9-12(19(26)25-16(14)8-10)5-6-24-20(27)13-3-4-15(21)18(23)17(13)22/h3-4,7-9H,5-6H2,1-2H3,(H,24,27)(H,25,26). The quantitative estimate of drug-likeness (QED) is 0.687. The minimum atomic E-state index is -1.70. The summed E-state index contributed by atoms with van der Waals surface area (Å²) in [4.78, 5) is 27.0. The van der Waals surface area contributed by atoms with Crippen LogP contribution < -0.4 is 10.9 Å². The number of hydrogen-bond donors (Lipinski definition) is 2. The molecule has 4 nitrogen and oxygen atoms in total. The summed E-state index contributed by atoms with van der Waals surface area (Å²) in [6.07, 6.45) is 0.204. The predicted octanol–water partition coefficient (Wildman–Crippen LogP) is 3.53. The summed E-state index contributed by atoms with van der Waals surface area (Å²) in [5.74, 6) is -5.48. The largest absolute Gasteiger partial charge is 0.352 e. The number of benzene rings is 2. The second kappa shape index (κ2) is 7.26. The van der Waals surface area contributed by atoms with Gasteiger partial charge < -0.3 is 10.3 Å². The second-order valence-corrected chi connectivity index (χ2v) is 6.40. The fourth-order valence-corrected chi connectivity index (χ4v) is 3.01. The normalized spacial score (nSPS) is 11.0. The Kier molecular flexibility index (Phi) is 5.03. The molecule has 0 saturated heterocycles. The molecular weight excluding hydrogens is 357 g/mol. The Bertz CT molecular complexity index is 1110. The smallest absolute Gasteiger partial charge is 0.254 e. The SMILES string of the molecule is Cc1cc(C)c2cc(CCNC(=O)c3ccc(F)c(F)c3F)c(=O)[nH]c2c1. The Morgan fingerprint density at radius 1 is 1.07 bits per heavy atom. The first-order valence-electron chi connectivity index (χ1n) is 8.33. The average molecular weight is 374 g/mol. The summed E-state index contributed by atoms with van der Waals surface area (Å²) in [6.45, 7) is 3.91. The Balaban J connectivity index is 1.76. The van der Waals surface area contributed by atoms with Crippen molar-refractivity contribution in [2.45, 2.75) is 20.3 Å². The molecule has 3 rings (SSSR count). The monoisotopic (exact) mass is 374 g/mol. The lowest BCUT2D eigenvalue weighted by Gasteiger charge is -2.09. The molecule has 0 saturated carbocycles. The highest BCUT2D eigenvalue weighted by atomic mass is 19.2. The number of rotatable bonds is 4. The molecule has 1 heterocycles. The van der Waals surface area contributed by atoms with Crippen molar-refractivity contribution in [1.82, 2.24) is 10.3 Å². The molecule has 0 unspecified atom stereocenters. The minimum Gasteiger partial charge on any atom is -0.352 e. The molecule has 0 radical (unpaired) electrons. The molecule has 3 aromatic rings. The van der Waals surface area contributed by atoms with Crippen LogP contribution in [0.4, 0.5) is 13.2 Å². The van der Waals surface area contributed by atoms with Gasteiger partial charge in [0, 0.05) is 23.0 Å². The maximum Gasteiger partial charge on any atom is 0.254 e. The second-order valence-electron chi connectivity index (χ2n) is 6.40. The summed E-state index contributed by atoms with van der Waals surface area (Å²) in [5.41, 5.74) is 2.36. The lowest BCUT2D eigenvalue weighted by molar-refractivity contribution is 0.0949. The molecule has 0 fully saturated rings. The van der Waals surface area contributed by atoms with Crippen molar-refractivity contribution >= 4 is 16.8 Å². The van der Waals surface area contributed by atoms with E-state index in [1.165, 1.54) is 0 Å². The van der Waals surface area contributed by atoms with Crippen LogP contribution in [0.15, 0.2) is 35.1 Å². The van der Waals surface area contributed by atoms with Crippen LogP contribution in [0.25, 0.3) is 10.9 Å². The van der Waals surface area contributed by atoms with Crippen molar-refractivity contribution in [3.63, 3.8) is 0 Å². The zero-order valence-corrected chi connectivity index (χ0v) is 14.8. The van der Waals surface area contributed by atoms with Gasteiger partial charge in [0.15, 0.2) is 17.5 Å². The van der Waals surface area contributed by atoms with E-state index in [0.717, 1.165) is 28.1 Å². The van der Waals surface area contributed by atoms with Crippen LogP contribution >= 0.6 is 0 Å². The average Bonchev–Trinajstić information content (AvgIpc) is 2.60. The molecule has 1 aromatic heterocycles. The summed E-state index contributed by atoms with van der Waals surface area (Å²) >= 11 is 0. The molecule has 140 valence electrons. The number of H-pyrrole nitrogens is 1. The van der Waals surface area contributed by atoms with Gasteiger partial charge in [-0.1, -0.05) is 6.07 Å². The highest BCUT2D eigenvalue weighted by molar-refractivity contribution is 5.94. The van der Waals surface area contributed by atoms with Gasteiger partial charge >= 0.3 is 0 Å². The van der Waals surface area contributed by atoms with E-state index in [4.69, 9.17) is 0 Å². The molecule has 2 aromatic carbocycles. The van der Waals surface area contributed by atoms with E-state index in [-0.39, 0.29) is 18.5 Å². The lowest BCUT2D eigenvalue weighted by atomic mass is 10.0. The molecule has 0 aliphatic carbocycles. The molecule has 0 aliphatic heterocycles. The van der Waals surface area contributed by atoms with Crippen LogP contribution in [0.5, 0.6) is 0 Å². The Morgan fingerprint density at radius 2 is 1.81 bits per heavy atom. The van der Waals surface area contributed by atoms with Gasteiger partial charge in [0.1, 0.15) is 0 Å². The fraction of sp³-hybridized carbons (Fsp3) is 0.200. The number of aromatic nitrogens is 1. The van der Waals surface area contributed by atoms with Crippen molar-refractivity contribution in [3.8, 4) is 0 Å². The van der Waals surface area contributed by atoms with Crippen LogP contribution in [0.3, 0.4) is 0 Å². The van der Waals surface area contributed by atoms with E-state index < -0.39 is 28.9 Å².